The predicted octanol–water partition coefficient (Wildman–Crippen LogP) is 3.45. The van der Waals surface area contributed by atoms with Crippen molar-refractivity contribution in [1.82, 2.24) is 4.90 Å². The van der Waals surface area contributed by atoms with Crippen LogP contribution >= 0.6 is 11.6 Å². The molecule has 1 atom stereocenters. The number of benzene rings is 1. The number of halogens is 1. The zero-order chi connectivity index (χ0) is 15.4. The largest absolute Gasteiger partial charge is 0.331 e. The molecule has 1 fully saturated rings. The molecule has 1 amide bonds. The molecule has 0 radical (unpaired) electrons. The van der Waals surface area contributed by atoms with Gasteiger partial charge in [-0.15, -0.1) is 0 Å². The lowest BCUT2D eigenvalue weighted by Crippen LogP contribution is -2.34. The van der Waals surface area contributed by atoms with Gasteiger partial charge in [-0.05, 0) is 43.4 Å². The number of hydrogen-bond acceptors (Lipinski definition) is 3. The molecule has 0 spiro atoms. The Morgan fingerprint density at radius 1 is 1.38 bits per heavy atom. The Bertz CT molecular complexity index is 725. The third-order valence-corrected chi connectivity index (χ3v) is 4.95. The van der Waals surface area contributed by atoms with Crippen molar-refractivity contribution in [2.24, 2.45) is 10.3 Å². The van der Waals surface area contributed by atoms with Crippen molar-refractivity contribution in [1.29, 1.82) is 0 Å². The van der Waals surface area contributed by atoms with Crippen LogP contribution in [0.1, 0.15) is 35.7 Å². The second kappa shape index (κ2) is 4.99. The number of carbonyl (C=O) groups excluding carboxylic acids is 1. The lowest BCUT2D eigenvalue weighted by atomic mass is 10.1. The van der Waals surface area contributed by atoms with Gasteiger partial charge in [-0.25, -0.2) is 4.21 Å². The summed E-state index contributed by atoms with van der Waals surface area (Å²) in [7, 11) is -2.34. The zero-order valence-corrected chi connectivity index (χ0v) is 14.0. The van der Waals surface area contributed by atoms with Crippen LogP contribution < -0.4 is 0 Å². The van der Waals surface area contributed by atoms with Crippen LogP contribution in [0.5, 0.6) is 0 Å². The highest BCUT2D eigenvalue weighted by atomic mass is 35.5. The maximum absolute atomic E-state index is 12.7. The van der Waals surface area contributed by atoms with Gasteiger partial charge in [0, 0.05) is 39.8 Å². The molecule has 0 aromatic heterocycles. The maximum Gasteiger partial charge on any atom is 0.256 e. The number of hydrogen-bond donors (Lipinski definition) is 0. The SMILES string of the molecule is CC(C1CC1)N1Cc2cc(Cl)cc(N=S(C)(C)=O)c2C1=O. The molecule has 1 aromatic carbocycles. The molecule has 21 heavy (non-hydrogen) atoms. The van der Waals surface area contributed by atoms with Gasteiger partial charge in [-0.1, -0.05) is 11.6 Å². The normalized spacial score (nSPS) is 19.6. The van der Waals surface area contributed by atoms with Crippen LogP contribution in [-0.4, -0.2) is 33.6 Å². The molecule has 2 aliphatic rings. The molecule has 3 rings (SSSR count). The van der Waals surface area contributed by atoms with Gasteiger partial charge in [0.2, 0.25) is 0 Å². The number of carbonyl (C=O) groups is 1. The zero-order valence-electron chi connectivity index (χ0n) is 12.4. The van der Waals surface area contributed by atoms with E-state index in [4.69, 9.17) is 11.6 Å². The fourth-order valence-corrected chi connectivity index (χ4v) is 3.74. The first kappa shape index (κ1) is 14.9. The molecule has 6 heteroatoms. The van der Waals surface area contributed by atoms with Gasteiger partial charge >= 0.3 is 0 Å². The summed E-state index contributed by atoms with van der Waals surface area (Å²) in [6.07, 6.45) is 5.50. The summed E-state index contributed by atoms with van der Waals surface area (Å²) in [6, 6.07) is 3.70. The molecule has 0 N–H and O–H groups in total. The van der Waals surface area contributed by atoms with Crippen LogP contribution in [0.2, 0.25) is 5.02 Å². The second-order valence-electron chi connectivity index (χ2n) is 6.24. The molecule has 0 bridgehead atoms. The molecular formula is C15H19ClN2O2S. The Morgan fingerprint density at radius 3 is 2.62 bits per heavy atom. The van der Waals surface area contributed by atoms with Gasteiger partial charge in [-0.3, -0.25) is 4.79 Å². The Labute approximate surface area is 130 Å². The standard InChI is InChI=1S/C15H19ClN2O2S/c1-9(10-4-5-10)18-8-11-6-12(16)7-13(14(11)15(18)19)17-21(2,3)20/h6-7,9-10H,4-5,8H2,1-3H3. The van der Waals surface area contributed by atoms with Crippen molar-refractivity contribution in [2.45, 2.75) is 32.4 Å². The van der Waals surface area contributed by atoms with E-state index in [1.807, 2.05) is 11.0 Å². The first-order chi connectivity index (χ1) is 9.76. The van der Waals surface area contributed by atoms with Gasteiger partial charge in [0.15, 0.2) is 0 Å². The molecule has 1 unspecified atom stereocenters. The Morgan fingerprint density at radius 2 is 2.05 bits per heavy atom. The maximum atomic E-state index is 12.7. The number of amides is 1. The van der Waals surface area contributed by atoms with Crippen molar-refractivity contribution in [3.63, 3.8) is 0 Å². The number of fused-ring (bicyclic) bond motifs is 1. The Balaban J connectivity index is 2.06. The predicted molar refractivity (Wildman–Crippen MR) is 85.6 cm³/mol. The summed E-state index contributed by atoms with van der Waals surface area (Å²) >= 11 is 6.12. The van der Waals surface area contributed by atoms with Crippen LogP contribution in [-0.2, 0) is 16.3 Å². The van der Waals surface area contributed by atoms with Crippen LogP contribution in [0.15, 0.2) is 16.5 Å². The van der Waals surface area contributed by atoms with E-state index in [1.54, 1.807) is 18.6 Å². The van der Waals surface area contributed by atoms with Crippen LogP contribution in [0, 0.1) is 5.92 Å². The van der Waals surface area contributed by atoms with E-state index in [0.29, 0.717) is 28.7 Å². The number of rotatable bonds is 3. The van der Waals surface area contributed by atoms with Crippen LogP contribution in [0.3, 0.4) is 0 Å². The first-order valence-electron chi connectivity index (χ1n) is 7.07. The third kappa shape index (κ3) is 2.94. The van der Waals surface area contributed by atoms with E-state index in [0.717, 1.165) is 5.56 Å². The van der Waals surface area contributed by atoms with Crippen molar-refractivity contribution in [3.05, 3.63) is 28.3 Å². The molecular weight excluding hydrogens is 308 g/mol. The smallest absolute Gasteiger partial charge is 0.256 e. The highest BCUT2D eigenvalue weighted by molar-refractivity contribution is 7.92. The minimum atomic E-state index is -2.34. The molecule has 0 saturated heterocycles. The summed E-state index contributed by atoms with van der Waals surface area (Å²) in [6.45, 7) is 2.67. The summed E-state index contributed by atoms with van der Waals surface area (Å²) in [5, 5.41) is 0.532. The first-order valence-corrected chi connectivity index (χ1v) is 9.78. The van der Waals surface area contributed by atoms with Crippen LogP contribution in [0.4, 0.5) is 5.69 Å². The van der Waals surface area contributed by atoms with E-state index in [1.165, 1.54) is 12.8 Å². The van der Waals surface area contributed by atoms with Gasteiger partial charge in [0.05, 0.1) is 11.3 Å². The van der Waals surface area contributed by atoms with E-state index >= 15 is 0 Å². The molecule has 1 heterocycles. The van der Waals surface area contributed by atoms with Crippen molar-refractivity contribution in [2.75, 3.05) is 12.5 Å². The highest BCUT2D eigenvalue weighted by Gasteiger charge is 2.39. The van der Waals surface area contributed by atoms with E-state index in [2.05, 4.69) is 11.3 Å². The average Bonchev–Trinajstić information content (AvgIpc) is 3.11. The van der Waals surface area contributed by atoms with Crippen molar-refractivity contribution >= 4 is 32.9 Å². The molecule has 1 aliphatic carbocycles. The van der Waals surface area contributed by atoms with Crippen molar-refractivity contribution in [3.8, 4) is 0 Å². The topological polar surface area (TPSA) is 49.7 Å². The van der Waals surface area contributed by atoms with Gasteiger partial charge < -0.3 is 4.90 Å². The van der Waals surface area contributed by atoms with Crippen molar-refractivity contribution < 1.29 is 9.00 Å². The third-order valence-electron chi connectivity index (χ3n) is 4.09. The molecule has 1 aromatic rings. The summed E-state index contributed by atoms with van der Waals surface area (Å²) in [5.41, 5.74) is 1.92. The average molecular weight is 327 g/mol. The molecule has 114 valence electrons. The fraction of sp³-hybridized carbons (Fsp3) is 0.533. The summed E-state index contributed by atoms with van der Waals surface area (Å²) < 4.78 is 16.2. The molecule has 4 nitrogen and oxygen atoms in total. The second-order valence-corrected chi connectivity index (χ2v) is 9.22. The number of nitrogens with zero attached hydrogens (tertiary/aromatic N) is 2. The minimum Gasteiger partial charge on any atom is -0.331 e. The summed E-state index contributed by atoms with van der Waals surface area (Å²) in [4.78, 5) is 14.6. The van der Waals surface area contributed by atoms with E-state index in [9.17, 15) is 9.00 Å². The highest BCUT2D eigenvalue weighted by Crippen LogP contribution is 2.41. The van der Waals surface area contributed by atoms with E-state index in [-0.39, 0.29) is 11.9 Å². The Kier molecular flexibility index (Phi) is 3.53. The van der Waals surface area contributed by atoms with E-state index < -0.39 is 9.73 Å². The van der Waals surface area contributed by atoms with Gasteiger partial charge in [0.25, 0.3) is 5.91 Å². The lowest BCUT2D eigenvalue weighted by Gasteiger charge is -2.24. The summed E-state index contributed by atoms with van der Waals surface area (Å²) in [5.74, 6) is 0.601. The lowest BCUT2D eigenvalue weighted by molar-refractivity contribution is 0.0698. The van der Waals surface area contributed by atoms with Gasteiger partial charge in [0.1, 0.15) is 0 Å². The van der Waals surface area contributed by atoms with Gasteiger partial charge in [-0.2, -0.15) is 4.36 Å². The minimum absolute atomic E-state index is 0.0107. The fourth-order valence-electron chi connectivity index (χ4n) is 2.89. The Hall–Kier alpha value is -1.07. The quantitative estimate of drug-likeness (QED) is 0.854. The monoisotopic (exact) mass is 326 g/mol. The molecule has 1 saturated carbocycles. The molecule has 1 aliphatic heterocycles. The van der Waals surface area contributed by atoms with Crippen LogP contribution in [0.25, 0.3) is 0 Å².